The molecule has 0 amide bonds. The van der Waals surface area contributed by atoms with Gasteiger partial charge in [0.25, 0.3) is 0 Å². The highest BCUT2D eigenvalue weighted by Crippen LogP contribution is 2.61. The lowest BCUT2D eigenvalue weighted by atomic mass is 9.71. The Bertz CT molecular complexity index is 775. The normalized spacial score (nSPS) is 35.7. The van der Waals surface area contributed by atoms with Gasteiger partial charge in [-0.25, -0.2) is 0 Å². The summed E-state index contributed by atoms with van der Waals surface area (Å²) >= 11 is 0. The molecule has 0 saturated heterocycles. The molecule has 0 aromatic heterocycles. The number of aliphatic hydroxyl groups is 1. The topological polar surface area (TPSA) is 20.2 Å². The van der Waals surface area contributed by atoms with Crippen LogP contribution in [0, 0.1) is 11.3 Å². The van der Waals surface area contributed by atoms with E-state index in [1.165, 1.54) is 22.3 Å². The Labute approximate surface area is 111 Å². The number of rotatable bonds is 0. The van der Waals surface area contributed by atoms with Crippen LogP contribution in [0.1, 0.15) is 0 Å². The van der Waals surface area contributed by atoms with Gasteiger partial charge in [0, 0.05) is 11.5 Å². The molecule has 0 aliphatic heterocycles. The van der Waals surface area contributed by atoms with Gasteiger partial charge in [-0.1, -0.05) is 54.7 Å². The average Bonchev–Trinajstić information content (AvgIpc) is 2.96. The zero-order valence-corrected chi connectivity index (χ0v) is 10.3. The second-order valence-corrected chi connectivity index (χ2v) is 5.62. The summed E-state index contributed by atoms with van der Waals surface area (Å²) < 4.78 is 0. The maximum atomic E-state index is 9.86. The van der Waals surface area contributed by atoms with Gasteiger partial charge in [0.2, 0.25) is 0 Å². The van der Waals surface area contributed by atoms with Crippen LogP contribution in [-0.4, -0.2) is 5.11 Å². The highest BCUT2D eigenvalue weighted by molar-refractivity contribution is 5.76. The van der Waals surface area contributed by atoms with Gasteiger partial charge in [-0.3, -0.25) is 0 Å². The van der Waals surface area contributed by atoms with Gasteiger partial charge in [-0.15, -0.1) is 0 Å². The summed E-state index contributed by atoms with van der Waals surface area (Å²) in [6.45, 7) is 0. The van der Waals surface area contributed by atoms with Crippen molar-refractivity contribution in [2.24, 2.45) is 11.3 Å². The van der Waals surface area contributed by atoms with E-state index < -0.39 is 0 Å². The van der Waals surface area contributed by atoms with Crippen molar-refractivity contribution in [1.29, 1.82) is 0 Å². The van der Waals surface area contributed by atoms with Crippen molar-refractivity contribution in [3.63, 3.8) is 0 Å². The van der Waals surface area contributed by atoms with E-state index in [2.05, 4.69) is 54.7 Å². The molecule has 1 nitrogen and oxygen atoms in total. The van der Waals surface area contributed by atoms with E-state index in [4.69, 9.17) is 0 Å². The minimum absolute atomic E-state index is 0.106. The molecule has 0 bridgehead atoms. The first-order valence-electron chi connectivity index (χ1n) is 6.65. The molecule has 0 radical (unpaired) electrons. The minimum Gasteiger partial charge on any atom is -0.508 e. The highest BCUT2D eigenvalue weighted by Gasteiger charge is 2.51. The van der Waals surface area contributed by atoms with Crippen LogP contribution in [0.4, 0.5) is 0 Å². The van der Waals surface area contributed by atoms with Crippen LogP contribution in [0.25, 0.3) is 0 Å². The first-order valence-corrected chi connectivity index (χ1v) is 6.65. The molecule has 0 heterocycles. The zero-order valence-electron chi connectivity index (χ0n) is 10.3. The van der Waals surface area contributed by atoms with Crippen LogP contribution in [0.3, 0.4) is 0 Å². The highest BCUT2D eigenvalue weighted by atomic mass is 16.3. The molecule has 1 spiro atoms. The summed E-state index contributed by atoms with van der Waals surface area (Å²) in [6, 6.07) is 0. The van der Waals surface area contributed by atoms with Gasteiger partial charge in [-0.05, 0) is 28.4 Å². The Morgan fingerprint density at radius 2 is 1.95 bits per heavy atom. The Balaban J connectivity index is 1.73. The largest absolute Gasteiger partial charge is 0.508 e. The Morgan fingerprint density at radius 3 is 2.89 bits per heavy atom. The van der Waals surface area contributed by atoms with E-state index in [0.29, 0.717) is 11.7 Å². The molecule has 0 aromatic carbocycles. The third-order valence-corrected chi connectivity index (χ3v) is 4.72. The first kappa shape index (κ1) is 9.62. The summed E-state index contributed by atoms with van der Waals surface area (Å²) in [5.74, 6) is 0.829. The van der Waals surface area contributed by atoms with E-state index in [1.807, 2.05) is 6.08 Å². The SMILES string of the molecule is OC1=CC=C2C3=C(C=CC24C=C14)C1C=CC=C1C=C3. The fourth-order valence-electron chi connectivity index (χ4n) is 3.67. The van der Waals surface area contributed by atoms with Crippen LogP contribution in [0.2, 0.25) is 0 Å². The summed E-state index contributed by atoms with van der Waals surface area (Å²) in [4.78, 5) is 0. The predicted molar refractivity (Wildman–Crippen MR) is 75.3 cm³/mol. The molecule has 5 rings (SSSR count). The summed E-state index contributed by atoms with van der Waals surface area (Å²) in [6.07, 6.45) is 21.5. The van der Waals surface area contributed by atoms with E-state index in [9.17, 15) is 5.11 Å². The monoisotopic (exact) mass is 244 g/mol. The third kappa shape index (κ3) is 0.988. The third-order valence-electron chi connectivity index (χ3n) is 4.72. The van der Waals surface area contributed by atoms with Crippen molar-refractivity contribution in [1.82, 2.24) is 0 Å². The second kappa shape index (κ2) is 2.83. The molecule has 5 aliphatic carbocycles. The van der Waals surface area contributed by atoms with Gasteiger partial charge >= 0.3 is 0 Å². The molecule has 0 aromatic rings. The van der Waals surface area contributed by atoms with Crippen molar-refractivity contribution in [3.05, 3.63) is 94.4 Å². The van der Waals surface area contributed by atoms with Crippen molar-refractivity contribution >= 4 is 0 Å². The number of hydrogen-bond acceptors (Lipinski definition) is 1. The number of aliphatic hydroxyl groups excluding tert-OH is 1. The van der Waals surface area contributed by atoms with Gasteiger partial charge in [0.1, 0.15) is 5.76 Å². The van der Waals surface area contributed by atoms with Crippen LogP contribution in [0.15, 0.2) is 94.4 Å². The van der Waals surface area contributed by atoms with Crippen molar-refractivity contribution < 1.29 is 5.11 Å². The molecule has 5 aliphatic rings. The van der Waals surface area contributed by atoms with Crippen LogP contribution in [0.5, 0.6) is 0 Å². The molecule has 19 heavy (non-hydrogen) atoms. The Hall–Kier alpha value is -2.28. The van der Waals surface area contributed by atoms with E-state index in [0.717, 1.165) is 5.57 Å². The van der Waals surface area contributed by atoms with E-state index in [-0.39, 0.29) is 5.41 Å². The van der Waals surface area contributed by atoms with Gasteiger partial charge in [0.05, 0.1) is 5.41 Å². The first-order chi connectivity index (χ1) is 9.29. The van der Waals surface area contributed by atoms with Crippen LogP contribution >= 0.6 is 0 Å². The maximum Gasteiger partial charge on any atom is 0.120 e. The standard InChI is InChI=1S/C18H12O/c19-17-7-6-15-14-5-4-11-2-1-3-12(11)13(14)8-9-18(15)10-16(17)18/h1-10,12,19H. The predicted octanol–water partition coefficient (Wildman–Crippen LogP) is 3.84. The summed E-state index contributed by atoms with van der Waals surface area (Å²) in [5.41, 5.74) is 6.35. The molecule has 0 saturated carbocycles. The molecule has 2 atom stereocenters. The fraction of sp³-hybridized carbons (Fsp3) is 0.111. The van der Waals surface area contributed by atoms with E-state index in [1.54, 1.807) is 0 Å². The molecule has 0 fully saturated rings. The molecule has 2 unspecified atom stereocenters. The summed E-state index contributed by atoms with van der Waals surface area (Å²) in [5, 5.41) is 9.86. The van der Waals surface area contributed by atoms with Gasteiger partial charge in [0.15, 0.2) is 0 Å². The number of fused-ring (bicyclic) bond motifs is 3. The van der Waals surface area contributed by atoms with Crippen molar-refractivity contribution in [2.45, 2.75) is 0 Å². The van der Waals surface area contributed by atoms with Crippen molar-refractivity contribution in [2.75, 3.05) is 0 Å². The molecular weight excluding hydrogens is 232 g/mol. The summed E-state index contributed by atoms with van der Waals surface area (Å²) in [7, 11) is 0. The lowest BCUT2D eigenvalue weighted by Crippen LogP contribution is -2.20. The molecule has 1 heteroatoms. The quantitative estimate of drug-likeness (QED) is 0.686. The maximum absolute atomic E-state index is 9.86. The van der Waals surface area contributed by atoms with Gasteiger partial charge < -0.3 is 5.11 Å². The lowest BCUT2D eigenvalue weighted by Gasteiger charge is -2.32. The Kier molecular flexibility index (Phi) is 1.43. The van der Waals surface area contributed by atoms with Crippen LogP contribution < -0.4 is 0 Å². The molecule has 1 N–H and O–H groups in total. The second-order valence-electron chi connectivity index (χ2n) is 5.62. The number of hydrogen-bond donors (Lipinski definition) is 1. The average molecular weight is 244 g/mol. The minimum atomic E-state index is -0.106. The number of allylic oxidation sites excluding steroid dienone is 15. The smallest absolute Gasteiger partial charge is 0.120 e. The van der Waals surface area contributed by atoms with Crippen molar-refractivity contribution in [3.8, 4) is 0 Å². The zero-order chi connectivity index (χ0) is 12.6. The van der Waals surface area contributed by atoms with Gasteiger partial charge in [-0.2, -0.15) is 0 Å². The molecule has 90 valence electrons. The molecular formula is C18H12O. The van der Waals surface area contributed by atoms with Crippen LogP contribution in [-0.2, 0) is 0 Å². The fourth-order valence-corrected chi connectivity index (χ4v) is 3.67. The van der Waals surface area contributed by atoms with E-state index >= 15 is 0 Å². The Morgan fingerprint density at radius 1 is 1.00 bits per heavy atom. The lowest BCUT2D eigenvalue weighted by molar-refractivity contribution is 0.418.